The molecule has 2 aromatic heterocycles. The average molecular weight is 396 g/mol. The van der Waals surface area contributed by atoms with E-state index in [1.807, 2.05) is 20.0 Å². The number of fused-ring (bicyclic) bond motifs is 1. The molecule has 0 saturated heterocycles. The summed E-state index contributed by atoms with van der Waals surface area (Å²) in [7, 11) is 0. The van der Waals surface area contributed by atoms with Crippen LogP contribution >= 0.6 is 0 Å². The minimum atomic E-state index is -0.362. The lowest BCUT2D eigenvalue weighted by molar-refractivity contribution is 0.209. The van der Waals surface area contributed by atoms with Gasteiger partial charge in [-0.05, 0) is 38.5 Å². The molecule has 2 aliphatic rings. The average Bonchev–Trinajstić information content (AvgIpc) is 3.29. The fourth-order valence-corrected chi connectivity index (χ4v) is 3.96. The molecular weight excluding hydrogens is 375 g/mol. The molecule has 0 fully saturated rings. The van der Waals surface area contributed by atoms with E-state index >= 15 is 0 Å². The van der Waals surface area contributed by atoms with Crippen molar-refractivity contribution < 1.29 is 13.9 Å². The second-order valence-electron chi connectivity index (χ2n) is 7.48. The second-order valence-corrected chi connectivity index (χ2v) is 7.48. The number of halogens is 1. The Balaban J connectivity index is 1.67. The van der Waals surface area contributed by atoms with Crippen LogP contribution in [-0.2, 0) is 6.42 Å². The lowest BCUT2D eigenvalue weighted by Crippen LogP contribution is -2.36. The van der Waals surface area contributed by atoms with Crippen molar-refractivity contribution in [3.05, 3.63) is 47.5 Å². The van der Waals surface area contributed by atoms with E-state index in [1.54, 1.807) is 16.8 Å². The number of amides is 2. The molecule has 0 unspecified atom stereocenters. The summed E-state index contributed by atoms with van der Waals surface area (Å²) < 4.78 is 21.8. The molecule has 0 spiro atoms. The largest absolute Gasteiger partial charge is 0.489 e. The molecule has 2 N–H and O–H groups in total. The highest BCUT2D eigenvalue weighted by Gasteiger charge is 2.30. The van der Waals surface area contributed by atoms with Gasteiger partial charge in [0.25, 0.3) is 0 Å². The van der Waals surface area contributed by atoms with E-state index in [2.05, 4.69) is 20.6 Å². The molecule has 2 amide bonds. The van der Waals surface area contributed by atoms with Gasteiger partial charge in [-0.1, -0.05) is 0 Å². The fourth-order valence-electron chi connectivity index (χ4n) is 3.96. The third kappa shape index (κ3) is 3.02. The van der Waals surface area contributed by atoms with Crippen LogP contribution in [0.3, 0.4) is 0 Å². The van der Waals surface area contributed by atoms with Gasteiger partial charge in [0.1, 0.15) is 29.2 Å². The van der Waals surface area contributed by atoms with E-state index in [9.17, 15) is 9.18 Å². The maximum Gasteiger partial charge on any atom is 0.319 e. The van der Waals surface area contributed by atoms with Crippen LogP contribution in [0.25, 0.3) is 5.65 Å². The topological polar surface area (TPSA) is 83.8 Å². The number of carbonyl (C=O) groups is 1. The Bertz CT molecular complexity index is 1110. The highest BCUT2D eigenvalue weighted by atomic mass is 19.1. The third-order valence-corrected chi connectivity index (χ3v) is 5.46. The van der Waals surface area contributed by atoms with E-state index in [4.69, 9.17) is 9.72 Å². The lowest BCUT2D eigenvalue weighted by atomic mass is 10.1. The number of urea groups is 1. The quantitative estimate of drug-likeness (QED) is 0.611. The lowest BCUT2D eigenvalue weighted by Gasteiger charge is -2.29. The smallest absolute Gasteiger partial charge is 0.319 e. The second kappa shape index (κ2) is 6.61. The first kappa shape index (κ1) is 17.7. The minimum absolute atomic E-state index is 0.138. The summed E-state index contributed by atoms with van der Waals surface area (Å²) in [5, 5.41) is 9.91. The van der Waals surface area contributed by atoms with E-state index in [0.717, 1.165) is 29.9 Å². The molecule has 2 aliphatic heterocycles. The zero-order valence-electron chi connectivity index (χ0n) is 16.1. The van der Waals surface area contributed by atoms with Gasteiger partial charge in [0.15, 0.2) is 5.65 Å². The van der Waals surface area contributed by atoms with E-state index < -0.39 is 0 Å². The van der Waals surface area contributed by atoms with Gasteiger partial charge in [0, 0.05) is 23.9 Å². The van der Waals surface area contributed by atoms with Crippen LogP contribution in [0.2, 0.25) is 0 Å². The van der Waals surface area contributed by atoms with Crippen LogP contribution in [-0.4, -0.2) is 39.8 Å². The molecule has 8 nitrogen and oxygen atoms in total. The van der Waals surface area contributed by atoms with E-state index in [1.165, 1.54) is 12.1 Å². The Kier molecular flexibility index (Phi) is 4.04. The van der Waals surface area contributed by atoms with E-state index in [0.29, 0.717) is 23.6 Å². The molecule has 0 radical (unpaired) electrons. The number of nitrogens with one attached hydrogen (secondary N) is 2. The van der Waals surface area contributed by atoms with Gasteiger partial charge in [-0.3, -0.25) is 0 Å². The molecule has 2 bridgehead atoms. The summed E-state index contributed by atoms with van der Waals surface area (Å²) in [6.45, 7) is 4.94. The summed E-state index contributed by atoms with van der Waals surface area (Å²) in [5.74, 6) is 1.10. The Morgan fingerprint density at radius 2 is 2.17 bits per heavy atom. The fraction of sp³-hybridized carbons (Fsp3) is 0.350. The SMILES string of the molecule is C[C@@H]1c2cc(F)ccc2O[C@@H](C)CNC(=O)Nc2cnn3cc4c(nc23)N1CC4. The van der Waals surface area contributed by atoms with Gasteiger partial charge in [-0.2, -0.15) is 5.10 Å². The molecule has 9 heteroatoms. The molecule has 4 heterocycles. The van der Waals surface area contributed by atoms with E-state index in [-0.39, 0.29) is 24.0 Å². The van der Waals surface area contributed by atoms with Crippen LogP contribution in [0.1, 0.15) is 31.0 Å². The molecule has 0 saturated carbocycles. The molecular formula is C20H21FN6O2. The zero-order valence-corrected chi connectivity index (χ0v) is 16.1. The number of carbonyl (C=O) groups excluding carboxylic acids is 1. The summed E-state index contributed by atoms with van der Waals surface area (Å²) in [4.78, 5) is 19.2. The number of anilines is 2. The van der Waals surface area contributed by atoms with Crippen molar-refractivity contribution in [3.63, 3.8) is 0 Å². The van der Waals surface area contributed by atoms with Crippen LogP contribution in [0.4, 0.5) is 20.7 Å². The first-order valence-corrected chi connectivity index (χ1v) is 9.64. The van der Waals surface area contributed by atoms with Crippen LogP contribution in [0.15, 0.2) is 30.6 Å². The number of hydrogen-bond acceptors (Lipinski definition) is 5. The van der Waals surface area contributed by atoms with Crippen molar-refractivity contribution >= 4 is 23.2 Å². The van der Waals surface area contributed by atoms with Crippen LogP contribution in [0, 0.1) is 5.82 Å². The highest BCUT2D eigenvalue weighted by Crippen LogP contribution is 2.38. The normalized spacial score (nSPS) is 21.3. The predicted octanol–water partition coefficient (Wildman–Crippen LogP) is 2.89. The molecule has 3 aromatic rings. The number of hydrogen-bond donors (Lipinski definition) is 2. The number of ether oxygens (including phenoxy) is 1. The molecule has 1 aromatic carbocycles. The molecule has 150 valence electrons. The third-order valence-electron chi connectivity index (χ3n) is 5.46. The maximum atomic E-state index is 14.1. The number of rotatable bonds is 0. The summed E-state index contributed by atoms with van der Waals surface area (Å²) in [5.41, 5.74) is 2.91. The Hall–Kier alpha value is -3.36. The van der Waals surface area contributed by atoms with Gasteiger partial charge < -0.3 is 20.3 Å². The summed E-state index contributed by atoms with van der Waals surface area (Å²) in [6.07, 6.45) is 4.04. The Morgan fingerprint density at radius 3 is 3.03 bits per heavy atom. The van der Waals surface area contributed by atoms with Gasteiger partial charge in [0.2, 0.25) is 0 Å². The number of aromatic nitrogens is 3. The van der Waals surface area contributed by atoms with Crippen molar-refractivity contribution in [1.82, 2.24) is 19.9 Å². The first-order valence-electron chi connectivity index (χ1n) is 9.64. The summed E-state index contributed by atoms with van der Waals surface area (Å²) in [6, 6.07) is 4.05. The van der Waals surface area contributed by atoms with Gasteiger partial charge in [-0.15, -0.1) is 0 Å². The predicted molar refractivity (Wildman–Crippen MR) is 106 cm³/mol. The van der Waals surface area contributed by atoms with Crippen LogP contribution < -0.4 is 20.3 Å². The van der Waals surface area contributed by atoms with Crippen molar-refractivity contribution in [3.8, 4) is 5.75 Å². The van der Waals surface area contributed by atoms with Crippen LogP contribution in [0.5, 0.6) is 5.75 Å². The molecule has 5 rings (SSSR count). The summed E-state index contributed by atoms with van der Waals surface area (Å²) >= 11 is 0. The van der Waals surface area contributed by atoms with Crippen molar-refractivity contribution in [1.29, 1.82) is 0 Å². The molecule has 29 heavy (non-hydrogen) atoms. The molecule has 2 atom stereocenters. The monoisotopic (exact) mass is 396 g/mol. The van der Waals surface area contributed by atoms with Gasteiger partial charge in [0.05, 0.1) is 18.8 Å². The first-order chi connectivity index (χ1) is 14.0. The van der Waals surface area contributed by atoms with Crippen molar-refractivity contribution in [2.24, 2.45) is 0 Å². The Labute approximate surface area is 166 Å². The maximum absolute atomic E-state index is 14.1. The van der Waals surface area contributed by atoms with Gasteiger partial charge in [-0.25, -0.2) is 18.7 Å². The highest BCUT2D eigenvalue weighted by molar-refractivity contribution is 5.93. The van der Waals surface area contributed by atoms with Crippen molar-refractivity contribution in [2.45, 2.75) is 32.4 Å². The standard InChI is InChI=1S/C20H21FN6O2/c1-11-8-22-20(28)24-16-9-23-27-10-13-5-6-26(18(13)25-19(16)27)12(2)15-7-14(21)3-4-17(15)29-11/h3-4,7,9-12H,5-6,8H2,1-2H3,(H2,22,24,28)/t11-,12+/m0/s1. The number of benzene rings is 1. The molecule has 0 aliphatic carbocycles. The van der Waals surface area contributed by atoms with Gasteiger partial charge >= 0.3 is 6.03 Å². The van der Waals surface area contributed by atoms with Crippen molar-refractivity contribution in [2.75, 3.05) is 23.3 Å². The minimum Gasteiger partial charge on any atom is -0.489 e. The zero-order chi connectivity index (χ0) is 20.1. The Morgan fingerprint density at radius 1 is 1.31 bits per heavy atom. The number of nitrogens with zero attached hydrogens (tertiary/aromatic N) is 4.